The molecule has 0 amide bonds. The highest BCUT2D eigenvalue weighted by atomic mass is 32.1. The third kappa shape index (κ3) is 1.98. The summed E-state index contributed by atoms with van der Waals surface area (Å²) >= 11 is 3.35. The van der Waals surface area contributed by atoms with Gasteiger partial charge in [-0.3, -0.25) is 5.43 Å². The number of rotatable bonds is 3. The molecule has 5 heteroatoms. The number of hydrazone groups is 1. The van der Waals surface area contributed by atoms with E-state index in [2.05, 4.69) is 54.1 Å². The van der Waals surface area contributed by atoms with Gasteiger partial charge in [-0.15, -0.1) is 22.7 Å². The van der Waals surface area contributed by atoms with Crippen molar-refractivity contribution in [2.24, 2.45) is 21.8 Å². The Kier molecular flexibility index (Phi) is 3.20. The lowest BCUT2D eigenvalue weighted by atomic mass is 9.70. The number of hydrogen-bond acceptors (Lipinski definition) is 5. The lowest BCUT2D eigenvalue weighted by Gasteiger charge is -2.34. The summed E-state index contributed by atoms with van der Waals surface area (Å²) < 4.78 is 0. The van der Waals surface area contributed by atoms with Crippen LogP contribution in [-0.4, -0.2) is 10.7 Å². The van der Waals surface area contributed by atoms with Crippen LogP contribution in [-0.2, 0) is 0 Å². The summed E-state index contributed by atoms with van der Waals surface area (Å²) in [7, 11) is 0. The van der Waals surface area contributed by atoms with E-state index in [1.54, 1.807) is 22.7 Å². The summed E-state index contributed by atoms with van der Waals surface area (Å²) in [6.45, 7) is 7.20. The minimum absolute atomic E-state index is 0.249. The molecule has 2 saturated carbocycles. The van der Waals surface area contributed by atoms with Crippen LogP contribution >= 0.6 is 22.7 Å². The fourth-order valence-electron chi connectivity index (χ4n) is 4.08. The fourth-order valence-corrected chi connectivity index (χ4v) is 5.49. The average Bonchev–Trinajstić information content (AvgIpc) is 3.22. The van der Waals surface area contributed by atoms with Crippen molar-refractivity contribution in [2.45, 2.75) is 40.0 Å². The minimum Gasteiger partial charge on any atom is -0.253 e. The Morgan fingerprint density at radius 3 is 2.82 bits per heavy atom. The molecule has 116 valence electrons. The maximum absolute atomic E-state index is 4.76. The van der Waals surface area contributed by atoms with Gasteiger partial charge in [-0.05, 0) is 42.0 Å². The Morgan fingerprint density at radius 2 is 2.18 bits per heavy atom. The Hall–Kier alpha value is -1.20. The molecule has 2 aliphatic carbocycles. The number of nitrogens with one attached hydrogen (secondary N) is 1. The lowest BCUT2D eigenvalue weighted by molar-refractivity contribution is 0.194. The third-order valence-electron chi connectivity index (χ3n) is 6.08. The van der Waals surface area contributed by atoms with Gasteiger partial charge in [0.1, 0.15) is 0 Å². The van der Waals surface area contributed by atoms with Crippen LogP contribution in [0.15, 0.2) is 28.0 Å². The molecule has 2 aromatic heterocycles. The topological polar surface area (TPSA) is 37.3 Å². The molecule has 2 fully saturated rings. The molecule has 0 aromatic carbocycles. The molecule has 3 nitrogen and oxygen atoms in total. The SMILES string of the molecule is CC1(C)[C@@H]2CC[C@]1(C)/C(=N/Nc1nc(-c3cccs3)cs1)C2. The van der Waals surface area contributed by atoms with Crippen LogP contribution in [0.2, 0.25) is 0 Å². The second-order valence-corrected chi connectivity index (χ2v) is 8.98. The van der Waals surface area contributed by atoms with E-state index in [4.69, 9.17) is 5.10 Å². The zero-order chi connectivity index (χ0) is 15.4. The number of hydrogen-bond donors (Lipinski definition) is 1. The van der Waals surface area contributed by atoms with Gasteiger partial charge in [-0.25, -0.2) is 4.98 Å². The van der Waals surface area contributed by atoms with E-state index < -0.39 is 0 Å². The molecule has 2 aromatic rings. The molecule has 4 rings (SSSR count). The van der Waals surface area contributed by atoms with Crippen LogP contribution in [0.5, 0.6) is 0 Å². The highest BCUT2D eigenvalue weighted by Gasteiger charge is 2.59. The molecule has 2 atom stereocenters. The van der Waals surface area contributed by atoms with Crippen LogP contribution in [0, 0.1) is 16.7 Å². The number of thiazole rings is 1. The monoisotopic (exact) mass is 331 g/mol. The number of fused-ring (bicyclic) bond motifs is 2. The molecule has 0 saturated heterocycles. The first-order chi connectivity index (χ1) is 10.5. The summed E-state index contributed by atoms with van der Waals surface area (Å²) in [5.41, 5.74) is 6.22. The maximum atomic E-state index is 4.76. The number of anilines is 1. The molecule has 2 aliphatic rings. The quantitative estimate of drug-likeness (QED) is 0.756. The molecule has 22 heavy (non-hydrogen) atoms. The summed E-state index contributed by atoms with van der Waals surface area (Å²) in [6.07, 6.45) is 3.76. The molecule has 0 spiro atoms. The van der Waals surface area contributed by atoms with E-state index in [0.29, 0.717) is 5.41 Å². The van der Waals surface area contributed by atoms with E-state index in [1.165, 1.54) is 23.4 Å². The van der Waals surface area contributed by atoms with Crippen molar-refractivity contribution >= 4 is 33.5 Å². The third-order valence-corrected chi connectivity index (χ3v) is 7.72. The highest BCUT2D eigenvalue weighted by Crippen LogP contribution is 2.63. The van der Waals surface area contributed by atoms with E-state index >= 15 is 0 Å². The number of thiophene rings is 1. The molecular formula is C17H21N3S2. The van der Waals surface area contributed by atoms with E-state index in [0.717, 1.165) is 23.2 Å². The lowest BCUT2D eigenvalue weighted by Crippen LogP contribution is -2.32. The van der Waals surface area contributed by atoms with Crippen LogP contribution in [0.4, 0.5) is 5.13 Å². The van der Waals surface area contributed by atoms with Gasteiger partial charge < -0.3 is 0 Å². The zero-order valence-electron chi connectivity index (χ0n) is 13.2. The van der Waals surface area contributed by atoms with Gasteiger partial charge in [0.15, 0.2) is 0 Å². The van der Waals surface area contributed by atoms with Crippen molar-refractivity contribution in [2.75, 3.05) is 5.43 Å². The van der Waals surface area contributed by atoms with Gasteiger partial charge >= 0.3 is 0 Å². The van der Waals surface area contributed by atoms with Gasteiger partial charge in [0.2, 0.25) is 5.13 Å². The van der Waals surface area contributed by atoms with Crippen LogP contribution in [0.3, 0.4) is 0 Å². The van der Waals surface area contributed by atoms with Crippen LogP contribution in [0.25, 0.3) is 10.6 Å². The van der Waals surface area contributed by atoms with Gasteiger partial charge in [-0.1, -0.05) is 26.8 Å². The second-order valence-electron chi connectivity index (χ2n) is 7.18. The standard InChI is InChI=1S/C17H21N3S2/c1-16(2)11-6-7-17(16,3)14(9-11)19-20-15-18-12(10-22-15)13-5-4-8-21-13/h4-5,8,10-11H,6-7,9H2,1-3H3,(H,18,20)/b19-14+/t11-,17-/m1/s1. The number of nitrogens with zero attached hydrogens (tertiary/aromatic N) is 2. The Morgan fingerprint density at radius 1 is 1.32 bits per heavy atom. The molecule has 1 N–H and O–H groups in total. The smallest absolute Gasteiger partial charge is 0.203 e. The number of aromatic nitrogens is 1. The molecule has 0 aliphatic heterocycles. The predicted molar refractivity (Wildman–Crippen MR) is 95.7 cm³/mol. The minimum atomic E-state index is 0.249. The van der Waals surface area contributed by atoms with Crippen molar-refractivity contribution < 1.29 is 0 Å². The predicted octanol–water partition coefficient (Wildman–Crippen LogP) is 5.49. The summed E-state index contributed by atoms with van der Waals surface area (Å²) in [5.74, 6) is 0.788. The Labute approximate surface area is 139 Å². The summed E-state index contributed by atoms with van der Waals surface area (Å²) in [5, 5.41) is 9.83. The van der Waals surface area contributed by atoms with Crippen molar-refractivity contribution in [3.63, 3.8) is 0 Å². The molecule has 2 heterocycles. The van der Waals surface area contributed by atoms with E-state index in [9.17, 15) is 0 Å². The maximum Gasteiger partial charge on any atom is 0.203 e. The van der Waals surface area contributed by atoms with Crippen LogP contribution < -0.4 is 5.43 Å². The largest absolute Gasteiger partial charge is 0.253 e. The van der Waals surface area contributed by atoms with Gasteiger partial charge in [0.05, 0.1) is 10.6 Å². The Bertz CT molecular complexity index is 714. The first kappa shape index (κ1) is 14.4. The first-order valence-electron chi connectivity index (χ1n) is 7.83. The Balaban J connectivity index is 1.54. The van der Waals surface area contributed by atoms with Crippen molar-refractivity contribution in [1.29, 1.82) is 0 Å². The van der Waals surface area contributed by atoms with E-state index in [-0.39, 0.29) is 5.41 Å². The van der Waals surface area contributed by atoms with Gasteiger partial charge in [0, 0.05) is 16.5 Å². The summed E-state index contributed by atoms with van der Waals surface area (Å²) in [6, 6.07) is 4.17. The molecular weight excluding hydrogens is 310 g/mol. The highest BCUT2D eigenvalue weighted by molar-refractivity contribution is 7.15. The summed E-state index contributed by atoms with van der Waals surface area (Å²) in [4.78, 5) is 5.86. The normalized spacial score (nSPS) is 31.0. The average molecular weight is 332 g/mol. The van der Waals surface area contributed by atoms with E-state index in [1.807, 2.05) is 0 Å². The first-order valence-corrected chi connectivity index (χ1v) is 9.59. The fraction of sp³-hybridized carbons (Fsp3) is 0.529. The molecule has 0 radical (unpaired) electrons. The second kappa shape index (κ2) is 4.90. The zero-order valence-corrected chi connectivity index (χ0v) is 14.9. The van der Waals surface area contributed by atoms with Gasteiger partial charge in [-0.2, -0.15) is 5.10 Å². The van der Waals surface area contributed by atoms with Crippen molar-refractivity contribution in [3.8, 4) is 10.6 Å². The van der Waals surface area contributed by atoms with Crippen molar-refractivity contribution in [1.82, 2.24) is 4.98 Å². The molecule has 0 unspecified atom stereocenters. The van der Waals surface area contributed by atoms with Crippen molar-refractivity contribution in [3.05, 3.63) is 22.9 Å². The molecule has 2 bridgehead atoms. The van der Waals surface area contributed by atoms with Gasteiger partial charge in [0.25, 0.3) is 0 Å². The van der Waals surface area contributed by atoms with Crippen LogP contribution in [0.1, 0.15) is 40.0 Å².